The first-order valence-corrected chi connectivity index (χ1v) is 7.09. The molecular formula is C15H9F5O3S. The Kier molecular flexibility index (Phi) is 5.33. The monoisotopic (exact) mass is 364 g/mol. The van der Waals surface area contributed by atoms with Crippen molar-refractivity contribution in [2.45, 2.75) is 4.90 Å². The van der Waals surface area contributed by atoms with Crippen molar-refractivity contribution < 1.29 is 36.2 Å². The highest BCUT2D eigenvalue weighted by atomic mass is 32.2. The van der Waals surface area contributed by atoms with Crippen LogP contribution in [0.3, 0.4) is 0 Å². The Morgan fingerprint density at radius 3 is 1.83 bits per heavy atom. The number of thioether (sulfide) groups is 1. The van der Waals surface area contributed by atoms with Gasteiger partial charge in [0, 0.05) is 5.56 Å². The maximum absolute atomic E-state index is 13.6. The molecule has 3 nitrogen and oxygen atoms in total. The molecule has 2 aromatic carbocycles. The second-order valence-corrected chi connectivity index (χ2v) is 5.34. The maximum Gasteiger partial charge on any atom is 0.224 e. The number of methoxy groups -OCH3 is 2. The van der Waals surface area contributed by atoms with Crippen LogP contribution in [0.15, 0.2) is 23.1 Å². The average molecular weight is 364 g/mol. The summed E-state index contributed by atoms with van der Waals surface area (Å²) in [6.45, 7) is 0. The van der Waals surface area contributed by atoms with Crippen LogP contribution in [-0.2, 0) is 0 Å². The molecule has 0 unspecified atom stereocenters. The van der Waals surface area contributed by atoms with E-state index in [1.54, 1.807) is 0 Å². The van der Waals surface area contributed by atoms with E-state index >= 15 is 0 Å². The average Bonchev–Trinajstić information content (AvgIpc) is 2.61. The van der Waals surface area contributed by atoms with Gasteiger partial charge in [-0.15, -0.1) is 0 Å². The minimum Gasteiger partial charge on any atom is -0.493 e. The van der Waals surface area contributed by atoms with Gasteiger partial charge in [0.25, 0.3) is 0 Å². The van der Waals surface area contributed by atoms with Crippen molar-refractivity contribution in [1.82, 2.24) is 0 Å². The third-order valence-corrected chi connectivity index (χ3v) is 3.97. The van der Waals surface area contributed by atoms with E-state index in [-0.39, 0.29) is 23.1 Å². The molecule has 0 aromatic heterocycles. The van der Waals surface area contributed by atoms with Crippen LogP contribution in [0.4, 0.5) is 22.0 Å². The normalized spacial score (nSPS) is 10.6. The van der Waals surface area contributed by atoms with E-state index in [9.17, 15) is 26.7 Å². The molecule has 0 saturated heterocycles. The second kappa shape index (κ2) is 7.08. The summed E-state index contributed by atoms with van der Waals surface area (Å²) >= 11 is -0.112. The molecule has 0 N–H and O–H groups in total. The predicted molar refractivity (Wildman–Crippen MR) is 76.0 cm³/mol. The first kappa shape index (κ1) is 18.1. The second-order valence-electron chi connectivity index (χ2n) is 4.36. The Morgan fingerprint density at radius 2 is 1.33 bits per heavy atom. The highest BCUT2D eigenvalue weighted by Gasteiger charge is 2.28. The van der Waals surface area contributed by atoms with E-state index in [2.05, 4.69) is 0 Å². The van der Waals surface area contributed by atoms with Gasteiger partial charge in [-0.3, -0.25) is 4.79 Å². The Hall–Kier alpha value is -2.29. The van der Waals surface area contributed by atoms with Gasteiger partial charge in [-0.05, 0) is 30.0 Å². The molecular weight excluding hydrogens is 355 g/mol. The summed E-state index contributed by atoms with van der Waals surface area (Å²) in [5.41, 5.74) is -0.0680. The van der Waals surface area contributed by atoms with Gasteiger partial charge in [-0.2, -0.15) is 0 Å². The fourth-order valence-corrected chi connectivity index (χ4v) is 2.58. The smallest absolute Gasteiger partial charge is 0.224 e. The summed E-state index contributed by atoms with van der Waals surface area (Å²) in [5, 5.41) is -0.931. The molecule has 0 saturated carbocycles. The zero-order chi connectivity index (χ0) is 18.0. The molecule has 2 rings (SSSR count). The number of hydrogen-bond donors (Lipinski definition) is 0. The van der Waals surface area contributed by atoms with Crippen molar-refractivity contribution in [2.75, 3.05) is 14.2 Å². The Morgan fingerprint density at radius 1 is 0.833 bits per heavy atom. The summed E-state index contributed by atoms with van der Waals surface area (Å²) in [6, 6.07) is 3.86. The molecule has 0 aliphatic carbocycles. The highest BCUT2D eigenvalue weighted by Crippen LogP contribution is 2.35. The summed E-state index contributed by atoms with van der Waals surface area (Å²) in [4.78, 5) is 10.8. The van der Waals surface area contributed by atoms with Crippen molar-refractivity contribution in [3.63, 3.8) is 0 Å². The van der Waals surface area contributed by atoms with Crippen LogP contribution in [0.25, 0.3) is 0 Å². The van der Waals surface area contributed by atoms with E-state index in [4.69, 9.17) is 9.47 Å². The quantitative estimate of drug-likeness (QED) is 0.350. The largest absolute Gasteiger partial charge is 0.493 e. The SMILES string of the molecule is COc1ccc(C(=O)Sc2c(F)c(F)c(F)c(F)c2F)cc1OC. The summed E-state index contributed by atoms with van der Waals surface area (Å²) in [6.07, 6.45) is 0. The zero-order valence-electron chi connectivity index (χ0n) is 12.3. The van der Waals surface area contributed by atoms with Gasteiger partial charge in [0.1, 0.15) is 0 Å². The number of carbonyl (C=O) groups excluding carboxylic acids is 1. The summed E-state index contributed by atoms with van der Waals surface area (Å²) < 4.78 is 76.4. The first-order valence-electron chi connectivity index (χ1n) is 6.27. The van der Waals surface area contributed by atoms with Crippen LogP contribution in [0.1, 0.15) is 10.4 Å². The Bertz CT molecular complexity index is 781. The van der Waals surface area contributed by atoms with Crippen LogP contribution >= 0.6 is 11.8 Å². The topological polar surface area (TPSA) is 35.5 Å². The molecule has 0 aliphatic heterocycles. The number of carbonyl (C=O) groups is 1. The lowest BCUT2D eigenvalue weighted by Crippen LogP contribution is -2.05. The van der Waals surface area contributed by atoms with Gasteiger partial charge in [-0.25, -0.2) is 22.0 Å². The van der Waals surface area contributed by atoms with E-state index in [1.807, 2.05) is 0 Å². The third kappa shape index (κ3) is 3.16. The van der Waals surface area contributed by atoms with E-state index in [0.29, 0.717) is 5.75 Å². The minimum atomic E-state index is -2.28. The fourth-order valence-electron chi connectivity index (χ4n) is 1.79. The fraction of sp³-hybridized carbons (Fsp3) is 0.133. The van der Waals surface area contributed by atoms with Crippen molar-refractivity contribution in [3.05, 3.63) is 52.8 Å². The minimum absolute atomic E-state index is 0.0680. The molecule has 0 fully saturated rings. The number of hydrogen-bond acceptors (Lipinski definition) is 4. The molecule has 128 valence electrons. The lowest BCUT2D eigenvalue weighted by molar-refractivity contribution is 0.108. The Labute approximate surface area is 137 Å². The molecule has 0 bridgehead atoms. The van der Waals surface area contributed by atoms with Crippen molar-refractivity contribution in [1.29, 1.82) is 0 Å². The molecule has 0 spiro atoms. The first-order chi connectivity index (χ1) is 11.3. The van der Waals surface area contributed by atoms with Crippen LogP contribution in [0, 0.1) is 29.1 Å². The van der Waals surface area contributed by atoms with E-state index < -0.39 is 39.1 Å². The van der Waals surface area contributed by atoms with E-state index in [0.717, 1.165) is 0 Å². The number of halogens is 5. The predicted octanol–water partition coefficient (Wildman–Crippen LogP) is 4.33. The maximum atomic E-state index is 13.6. The van der Waals surface area contributed by atoms with Gasteiger partial charge in [0.2, 0.25) is 10.9 Å². The van der Waals surface area contributed by atoms with Crippen LogP contribution in [-0.4, -0.2) is 19.3 Å². The molecule has 0 radical (unpaired) electrons. The summed E-state index contributed by atoms with van der Waals surface area (Å²) in [5.74, 6) is -10.2. The molecule has 0 atom stereocenters. The van der Waals surface area contributed by atoms with E-state index in [1.165, 1.54) is 32.4 Å². The van der Waals surface area contributed by atoms with Gasteiger partial charge in [0.15, 0.2) is 34.8 Å². The van der Waals surface area contributed by atoms with Crippen molar-refractivity contribution in [2.24, 2.45) is 0 Å². The number of rotatable bonds is 4. The molecule has 9 heteroatoms. The number of benzene rings is 2. The lowest BCUT2D eigenvalue weighted by atomic mass is 10.2. The third-order valence-electron chi connectivity index (χ3n) is 2.98. The zero-order valence-corrected chi connectivity index (χ0v) is 13.1. The highest BCUT2D eigenvalue weighted by molar-refractivity contribution is 8.14. The standard InChI is InChI=1S/C15H9F5O3S/c1-22-7-4-3-6(5-8(7)23-2)15(21)24-14-12(19)10(17)9(16)11(18)13(14)20/h3-5H,1-2H3. The number of ether oxygens (including phenoxy) is 2. The van der Waals surface area contributed by atoms with Gasteiger partial charge in [-0.1, -0.05) is 0 Å². The van der Waals surface area contributed by atoms with Gasteiger partial charge < -0.3 is 9.47 Å². The molecule has 0 amide bonds. The van der Waals surface area contributed by atoms with Gasteiger partial charge >= 0.3 is 0 Å². The summed E-state index contributed by atoms with van der Waals surface area (Å²) in [7, 11) is 2.67. The molecule has 24 heavy (non-hydrogen) atoms. The van der Waals surface area contributed by atoms with Crippen LogP contribution < -0.4 is 9.47 Å². The van der Waals surface area contributed by atoms with Crippen LogP contribution in [0.2, 0.25) is 0 Å². The Balaban J connectivity index is 2.41. The molecule has 0 aliphatic rings. The lowest BCUT2D eigenvalue weighted by Gasteiger charge is -2.10. The van der Waals surface area contributed by atoms with Crippen LogP contribution in [0.5, 0.6) is 11.5 Å². The van der Waals surface area contributed by atoms with Crippen molar-refractivity contribution in [3.8, 4) is 11.5 Å². The van der Waals surface area contributed by atoms with Gasteiger partial charge in [0.05, 0.1) is 19.1 Å². The molecule has 0 heterocycles. The van der Waals surface area contributed by atoms with Crippen molar-refractivity contribution >= 4 is 16.9 Å². The molecule has 2 aromatic rings.